The van der Waals surface area contributed by atoms with Gasteiger partial charge in [0.1, 0.15) is 5.57 Å². The van der Waals surface area contributed by atoms with E-state index in [1.807, 2.05) is 12.1 Å². The Hall–Kier alpha value is -4.33. The summed E-state index contributed by atoms with van der Waals surface area (Å²) >= 11 is 0. The molecule has 138 valence electrons. The molecule has 0 heterocycles. The first kappa shape index (κ1) is 19.4. The molecule has 0 N–H and O–H groups in total. The van der Waals surface area contributed by atoms with Crippen LogP contribution < -0.4 is 4.90 Å². The van der Waals surface area contributed by atoms with Gasteiger partial charge in [-0.15, -0.1) is 0 Å². The monoisotopic (exact) mass is 374 g/mol. The van der Waals surface area contributed by atoms with E-state index in [4.69, 9.17) is 17.1 Å². The van der Waals surface area contributed by atoms with Crippen LogP contribution in [0.2, 0.25) is 0 Å². The fraction of sp³-hybridized carbons (Fsp3) is 0.0800. The maximum Gasteiger partial charge on any atom is 0.222 e. The van der Waals surface area contributed by atoms with E-state index >= 15 is 0 Å². The van der Waals surface area contributed by atoms with Gasteiger partial charge < -0.3 is 4.90 Å². The first-order valence-electron chi connectivity index (χ1n) is 9.03. The van der Waals surface area contributed by atoms with E-state index in [2.05, 4.69) is 72.1 Å². The zero-order valence-electron chi connectivity index (χ0n) is 16.2. The number of hydrogen-bond acceptors (Lipinski definition) is 3. The molecule has 0 saturated heterocycles. The molecule has 0 amide bonds. The smallest absolute Gasteiger partial charge is 0.222 e. The molecule has 0 spiro atoms. The van der Waals surface area contributed by atoms with Crippen molar-refractivity contribution in [3.63, 3.8) is 0 Å². The Kier molecular flexibility index (Phi) is 5.74. The van der Waals surface area contributed by atoms with Crippen molar-refractivity contribution in [1.29, 1.82) is 10.5 Å². The van der Waals surface area contributed by atoms with Gasteiger partial charge in [-0.1, -0.05) is 47.5 Å². The predicted octanol–water partition coefficient (Wildman–Crippen LogP) is 6.45. The molecule has 0 aliphatic heterocycles. The highest BCUT2D eigenvalue weighted by atomic mass is 15.1. The summed E-state index contributed by atoms with van der Waals surface area (Å²) in [6.45, 7) is 11.4. The molecule has 29 heavy (non-hydrogen) atoms. The summed E-state index contributed by atoms with van der Waals surface area (Å²) in [6, 6.07) is 27.5. The van der Waals surface area contributed by atoms with Gasteiger partial charge in [-0.05, 0) is 55.8 Å². The standard InChI is InChI=1S/C25H18N4/c1-18-4-10-22(11-5-18)29(23-12-6-19(2)7-13-23)24-14-8-20(9-15-24)25(28-3)21(16-26)17-27/h4-15H,1-2H3. The van der Waals surface area contributed by atoms with Gasteiger partial charge in [0.2, 0.25) is 5.70 Å². The molecule has 0 saturated carbocycles. The second-order valence-corrected chi connectivity index (χ2v) is 6.61. The highest BCUT2D eigenvalue weighted by Crippen LogP contribution is 2.35. The Labute approximate surface area is 171 Å². The number of nitrogens with zero attached hydrogens (tertiary/aromatic N) is 4. The average Bonchev–Trinajstić information content (AvgIpc) is 2.75. The third kappa shape index (κ3) is 4.16. The largest absolute Gasteiger partial charge is 0.311 e. The van der Waals surface area contributed by atoms with Crippen LogP contribution in [0.4, 0.5) is 17.1 Å². The quantitative estimate of drug-likeness (QED) is 0.389. The predicted molar refractivity (Wildman–Crippen MR) is 115 cm³/mol. The number of hydrogen-bond donors (Lipinski definition) is 0. The van der Waals surface area contributed by atoms with Gasteiger partial charge in [0.25, 0.3) is 0 Å². The fourth-order valence-electron chi connectivity index (χ4n) is 3.00. The number of nitriles is 2. The number of allylic oxidation sites excluding steroid dienone is 1. The maximum atomic E-state index is 9.09. The van der Waals surface area contributed by atoms with Gasteiger partial charge in [0.05, 0.1) is 18.7 Å². The zero-order valence-corrected chi connectivity index (χ0v) is 16.2. The molecule has 0 fully saturated rings. The highest BCUT2D eigenvalue weighted by molar-refractivity contribution is 5.82. The molecule has 4 heteroatoms. The van der Waals surface area contributed by atoms with E-state index < -0.39 is 0 Å². The molecule has 0 aliphatic carbocycles. The van der Waals surface area contributed by atoms with Gasteiger partial charge in [0, 0.05) is 17.1 Å². The van der Waals surface area contributed by atoms with Crippen LogP contribution >= 0.6 is 0 Å². The second kappa shape index (κ2) is 8.57. The normalized spacial score (nSPS) is 9.62. The van der Waals surface area contributed by atoms with Gasteiger partial charge >= 0.3 is 0 Å². The minimum atomic E-state index is -0.179. The maximum absolute atomic E-state index is 9.09. The summed E-state index contributed by atoms with van der Waals surface area (Å²) in [7, 11) is 0. The van der Waals surface area contributed by atoms with Crippen LogP contribution in [0, 0.1) is 43.1 Å². The Morgan fingerprint density at radius 1 is 0.724 bits per heavy atom. The van der Waals surface area contributed by atoms with Crippen molar-refractivity contribution < 1.29 is 0 Å². The molecule has 3 aromatic carbocycles. The molecule has 0 aliphatic rings. The van der Waals surface area contributed by atoms with Gasteiger partial charge in [0.15, 0.2) is 0 Å². The van der Waals surface area contributed by atoms with E-state index in [0.29, 0.717) is 5.56 Å². The van der Waals surface area contributed by atoms with Crippen LogP contribution in [0.15, 0.2) is 78.4 Å². The third-order valence-corrected chi connectivity index (χ3v) is 4.56. The number of benzene rings is 3. The summed E-state index contributed by atoms with van der Waals surface area (Å²) in [5, 5.41) is 18.2. The lowest BCUT2D eigenvalue weighted by molar-refractivity contribution is 1.27. The van der Waals surface area contributed by atoms with Crippen LogP contribution in [0.3, 0.4) is 0 Å². The minimum absolute atomic E-state index is 0.0683. The van der Waals surface area contributed by atoms with Crippen LogP contribution in [-0.4, -0.2) is 0 Å². The van der Waals surface area contributed by atoms with E-state index in [1.165, 1.54) is 11.1 Å². The molecule has 4 nitrogen and oxygen atoms in total. The number of anilines is 3. The molecule has 3 rings (SSSR count). The topological polar surface area (TPSA) is 55.2 Å². The Balaban J connectivity index is 2.10. The van der Waals surface area contributed by atoms with E-state index in [1.54, 1.807) is 24.3 Å². The van der Waals surface area contributed by atoms with E-state index in [-0.39, 0.29) is 11.3 Å². The molecule has 0 unspecified atom stereocenters. The van der Waals surface area contributed by atoms with Crippen molar-refractivity contribution in [3.05, 3.63) is 106 Å². The summed E-state index contributed by atoms with van der Waals surface area (Å²) in [4.78, 5) is 5.51. The lowest BCUT2D eigenvalue weighted by Crippen LogP contribution is -2.10. The first-order chi connectivity index (χ1) is 14.1. The average molecular weight is 374 g/mol. The molecule has 0 aromatic heterocycles. The van der Waals surface area contributed by atoms with Crippen molar-refractivity contribution in [2.75, 3.05) is 4.90 Å². The zero-order chi connectivity index (χ0) is 20.8. The van der Waals surface area contributed by atoms with Gasteiger partial charge in [-0.25, -0.2) is 4.85 Å². The fourth-order valence-corrected chi connectivity index (χ4v) is 3.00. The minimum Gasteiger partial charge on any atom is -0.311 e. The van der Waals surface area contributed by atoms with Gasteiger partial charge in [-0.2, -0.15) is 10.5 Å². The third-order valence-electron chi connectivity index (χ3n) is 4.56. The summed E-state index contributed by atoms with van der Waals surface area (Å²) in [6.07, 6.45) is 0. The molecule has 0 radical (unpaired) electrons. The molecule has 0 atom stereocenters. The molecule has 0 bridgehead atoms. The summed E-state index contributed by atoms with van der Waals surface area (Å²) in [5.41, 5.74) is 5.75. The van der Waals surface area contributed by atoms with Crippen LogP contribution in [0.1, 0.15) is 16.7 Å². The lowest BCUT2D eigenvalue weighted by Gasteiger charge is -2.26. The van der Waals surface area contributed by atoms with Gasteiger partial charge in [-0.3, -0.25) is 0 Å². The van der Waals surface area contributed by atoms with Crippen LogP contribution in [-0.2, 0) is 0 Å². The Morgan fingerprint density at radius 2 is 1.10 bits per heavy atom. The Bertz CT molecular complexity index is 1100. The number of rotatable bonds is 4. The van der Waals surface area contributed by atoms with Crippen molar-refractivity contribution in [2.24, 2.45) is 0 Å². The SMILES string of the molecule is [C-]#[N+]C(=C(C#N)C#N)c1ccc(N(c2ccc(C)cc2)c2ccc(C)cc2)cc1. The summed E-state index contributed by atoms with van der Waals surface area (Å²) < 4.78 is 0. The van der Waals surface area contributed by atoms with E-state index in [0.717, 1.165) is 17.1 Å². The first-order valence-corrected chi connectivity index (χ1v) is 9.03. The van der Waals surface area contributed by atoms with Crippen molar-refractivity contribution in [1.82, 2.24) is 0 Å². The van der Waals surface area contributed by atoms with Crippen molar-refractivity contribution >= 4 is 22.8 Å². The highest BCUT2D eigenvalue weighted by Gasteiger charge is 2.14. The van der Waals surface area contributed by atoms with E-state index in [9.17, 15) is 0 Å². The molecule has 3 aromatic rings. The molecular formula is C25H18N4. The molecular weight excluding hydrogens is 356 g/mol. The Morgan fingerprint density at radius 3 is 1.45 bits per heavy atom. The van der Waals surface area contributed by atoms with Crippen molar-refractivity contribution in [3.8, 4) is 12.1 Å². The van der Waals surface area contributed by atoms with Crippen LogP contribution in [0.5, 0.6) is 0 Å². The second-order valence-electron chi connectivity index (χ2n) is 6.61. The number of aryl methyl sites for hydroxylation is 2. The summed E-state index contributed by atoms with van der Waals surface area (Å²) in [5.74, 6) is 0. The lowest BCUT2D eigenvalue weighted by atomic mass is 10.1. The van der Waals surface area contributed by atoms with Crippen molar-refractivity contribution in [2.45, 2.75) is 13.8 Å². The van der Waals surface area contributed by atoms with Crippen LogP contribution in [0.25, 0.3) is 10.5 Å².